The van der Waals surface area contributed by atoms with Crippen LogP contribution >= 0.6 is 35.4 Å². The Morgan fingerprint density at radius 2 is 1.75 bits per heavy atom. The second kappa shape index (κ2) is 5.49. The Balaban J connectivity index is 1.52. The minimum Gasteiger partial charge on any atom is -0.357 e. The van der Waals surface area contributed by atoms with Crippen molar-refractivity contribution in [3.63, 3.8) is 0 Å². The minimum atomic E-state index is 0.137. The first kappa shape index (κ1) is 16.9. The summed E-state index contributed by atoms with van der Waals surface area (Å²) in [5.41, 5.74) is 1.83. The molecule has 4 saturated carbocycles. The van der Waals surface area contributed by atoms with Gasteiger partial charge in [0.2, 0.25) is 0 Å². The molecule has 4 aliphatic rings. The highest BCUT2D eigenvalue weighted by Gasteiger charge is 2.60. The molecule has 2 nitrogen and oxygen atoms in total. The molecule has 0 amide bonds. The zero-order chi connectivity index (χ0) is 17.2. The number of thiocarbonyl (C=S) groups is 1. The Morgan fingerprint density at radius 1 is 1.08 bits per heavy atom. The first-order chi connectivity index (χ1) is 11.2. The standard InChI is InChI=1S/C19H24Cl2N2S/c1-17-6-12-7-18(2,9-17)11-19(8-12,10-17)23-16(24)22-15-5-13(20)3-4-14(15)21/h3-5,12H,6-11H2,1-2H3,(H2,22,23,24). The molecule has 1 aromatic carbocycles. The van der Waals surface area contributed by atoms with Crippen molar-refractivity contribution >= 4 is 46.2 Å². The summed E-state index contributed by atoms with van der Waals surface area (Å²) in [6.45, 7) is 4.94. The maximum Gasteiger partial charge on any atom is 0.171 e. The van der Waals surface area contributed by atoms with Crippen molar-refractivity contribution in [2.24, 2.45) is 16.7 Å². The molecule has 0 radical (unpaired) electrons. The quantitative estimate of drug-likeness (QED) is 0.610. The summed E-state index contributed by atoms with van der Waals surface area (Å²) in [5, 5.41) is 8.89. The van der Waals surface area contributed by atoms with E-state index in [2.05, 4.69) is 24.5 Å². The van der Waals surface area contributed by atoms with Crippen molar-refractivity contribution in [2.75, 3.05) is 5.32 Å². The van der Waals surface area contributed by atoms with E-state index in [1.54, 1.807) is 12.1 Å². The van der Waals surface area contributed by atoms with Crippen LogP contribution in [0.3, 0.4) is 0 Å². The van der Waals surface area contributed by atoms with Crippen LogP contribution in [-0.4, -0.2) is 10.7 Å². The molecule has 0 saturated heterocycles. The largest absolute Gasteiger partial charge is 0.357 e. The first-order valence-electron chi connectivity index (χ1n) is 8.73. The van der Waals surface area contributed by atoms with Gasteiger partial charge in [-0.05, 0) is 85.7 Å². The monoisotopic (exact) mass is 382 g/mol. The third-order valence-electron chi connectivity index (χ3n) is 6.18. The molecule has 4 bridgehead atoms. The highest BCUT2D eigenvalue weighted by atomic mass is 35.5. The third-order valence-corrected chi connectivity index (χ3v) is 6.95. The van der Waals surface area contributed by atoms with Gasteiger partial charge in [-0.1, -0.05) is 37.0 Å². The van der Waals surface area contributed by atoms with Crippen LogP contribution in [0.4, 0.5) is 5.69 Å². The fraction of sp³-hybridized carbons (Fsp3) is 0.632. The lowest BCUT2D eigenvalue weighted by molar-refractivity contribution is -0.111. The summed E-state index contributed by atoms with van der Waals surface area (Å²) in [7, 11) is 0. The van der Waals surface area contributed by atoms with Gasteiger partial charge in [0.25, 0.3) is 0 Å². The number of anilines is 1. The average molecular weight is 383 g/mol. The van der Waals surface area contributed by atoms with E-state index in [4.69, 9.17) is 35.4 Å². The van der Waals surface area contributed by atoms with Crippen molar-refractivity contribution in [1.82, 2.24) is 5.32 Å². The molecule has 130 valence electrons. The SMILES string of the molecule is CC12CC3CC(C)(C1)CC(NC(=S)Nc1cc(Cl)ccc1Cl)(C3)C2. The van der Waals surface area contributed by atoms with E-state index < -0.39 is 0 Å². The van der Waals surface area contributed by atoms with E-state index in [-0.39, 0.29) is 5.54 Å². The topological polar surface area (TPSA) is 24.1 Å². The maximum atomic E-state index is 6.25. The Kier molecular flexibility index (Phi) is 3.87. The lowest BCUT2D eigenvalue weighted by atomic mass is 9.43. The van der Waals surface area contributed by atoms with Gasteiger partial charge in [-0.3, -0.25) is 0 Å². The highest BCUT2D eigenvalue weighted by molar-refractivity contribution is 7.80. The maximum absolute atomic E-state index is 6.25. The fourth-order valence-corrected chi connectivity index (χ4v) is 7.24. The van der Waals surface area contributed by atoms with Gasteiger partial charge in [-0.2, -0.15) is 0 Å². The van der Waals surface area contributed by atoms with Crippen LogP contribution in [-0.2, 0) is 0 Å². The Labute approximate surface area is 159 Å². The van der Waals surface area contributed by atoms with Crippen LogP contribution in [0.15, 0.2) is 18.2 Å². The Hall–Kier alpha value is -0.510. The minimum absolute atomic E-state index is 0.137. The summed E-state index contributed by atoms with van der Waals surface area (Å²) in [4.78, 5) is 0. The fourth-order valence-electron chi connectivity index (χ4n) is 6.57. The van der Waals surface area contributed by atoms with Crippen molar-refractivity contribution in [1.29, 1.82) is 0 Å². The molecule has 5 heteroatoms. The normalized spacial score (nSPS) is 39.8. The molecule has 5 rings (SSSR count). The molecular weight excluding hydrogens is 359 g/mol. The molecule has 0 heterocycles. The Morgan fingerprint density at radius 3 is 2.38 bits per heavy atom. The second-order valence-electron chi connectivity index (χ2n) is 9.11. The van der Waals surface area contributed by atoms with Crippen LogP contribution in [0.1, 0.15) is 52.4 Å². The van der Waals surface area contributed by atoms with Gasteiger partial charge in [0.15, 0.2) is 5.11 Å². The van der Waals surface area contributed by atoms with Crippen molar-refractivity contribution < 1.29 is 0 Å². The number of nitrogens with one attached hydrogen (secondary N) is 2. The van der Waals surface area contributed by atoms with Gasteiger partial charge >= 0.3 is 0 Å². The molecular formula is C19H24Cl2N2S. The van der Waals surface area contributed by atoms with E-state index >= 15 is 0 Å². The third kappa shape index (κ3) is 3.04. The molecule has 24 heavy (non-hydrogen) atoms. The number of halogens is 2. The average Bonchev–Trinajstić information content (AvgIpc) is 2.37. The summed E-state index contributed by atoms with van der Waals surface area (Å²) >= 11 is 17.9. The molecule has 0 aliphatic heterocycles. The van der Waals surface area contributed by atoms with E-state index in [1.165, 1.54) is 38.5 Å². The summed E-state index contributed by atoms with van der Waals surface area (Å²) in [6, 6.07) is 5.40. The van der Waals surface area contributed by atoms with Crippen LogP contribution < -0.4 is 10.6 Å². The summed E-state index contributed by atoms with van der Waals surface area (Å²) in [5.74, 6) is 0.835. The smallest absolute Gasteiger partial charge is 0.171 e. The Bertz CT molecular complexity index is 687. The molecule has 2 unspecified atom stereocenters. The molecule has 4 fully saturated rings. The predicted molar refractivity (Wildman–Crippen MR) is 106 cm³/mol. The van der Waals surface area contributed by atoms with E-state index in [9.17, 15) is 0 Å². The zero-order valence-corrected chi connectivity index (χ0v) is 16.5. The van der Waals surface area contributed by atoms with Gasteiger partial charge in [0, 0.05) is 10.6 Å². The number of rotatable bonds is 2. The highest BCUT2D eigenvalue weighted by Crippen LogP contribution is 2.66. The van der Waals surface area contributed by atoms with Crippen molar-refractivity contribution in [2.45, 2.75) is 57.9 Å². The molecule has 1 aromatic rings. The van der Waals surface area contributed by atoms with Gasteiger partial charge in [-0.25, -0.2) is 0 Å². The number of hydrogen-bond acceptors (Lipinski definition) is 1. The predicted octanol–water partition coefficient (Wildman–Crippen LogP) is 6.03. The second-order valence-corrected chi connectivity index (χ2v) is 10.4. The van der Waals surface area contributed by atoms with Crippen molar-refractivity contribution in [3.05, 3.63) is 28.2 Å². The molecule has 0 spiro atoms. The number of hydrogen-bond donors (Lipinski definition) is 2. The van der Waals surface area contributed by atoms with Crippen LogP contribution in [0.25, 0.3) is 0 Å². The lowest BCUT2D eigenvalue weighted by Crippen LogP contribution is -2.65. The summed E-state index contributed by atoms with van der Waals surface area (Å²) in [6.07, 6.45) is 7.80. The first-order valence-corrected chi connectivity index (χ1v) is 9.89. The van der Waals surface area contributed by atoms with E-state index in [1.807, 2.05) is 6.07 Å². The molecule has 2 N–H and O–H groups in total. The number of benzene rings is 1. The van der Waals surface area contributed by atoms with Gasteiger partial charge in [0.05, 0.1) is 10.7 Å². The molecule has 0 aromatic heterocycles. The van der Waals surface area contributed by atoms with Gasteiger partial charge < -0.3 is 10.6 Å². The van der Waals surface area contributed by atoms with Gasteiger partial charge in [-0.15, -0.1) is 0 Å². The molecule has 4 aliphatic carbocycles. The van der Waals surface area contributed by atoms with Crippen molar-refractivity contribution in [3.8, 4) is 0 Å². The lowest BCUT2D eigenvalue weighted by Gasteiger charge is -2.65. The summed E-state index contributed by atoms with van der Waals surface area (Å²) < 4.78 is 0. The van der Waals surface area contributed by atoms with E-state index in [0.29, 0.717) is 26.0 Å². The van der Waals surface area contributed by atoms with Crippen LogP contribution in [0.5, 0.6) is 0 Å². The molecule has 2 atom stereocenters. The van der Waals surface area contributed by atoms with Crippen LogP contribution in [0.2, 0.25) is 10.0 Å². The van der Waals surface area contributed by atoms with E-state index in [0.717, 1.165) is 11.6 Å². The zero-order valence-electron chi connectivity index (χ0n) is 14.2. The van der Waals surface area contributed by atoms with Gasteiger partial charge in [0.1, 0.15) is 0 Å². The van der Waals surface area contributed by atoms with Crippen LogP contribution in [0, 0.1) is 16.7 Å².